The number of nitrogens with zero attached hydrogens (tertiary/aromatic N) is 4. The van der Waals surface area contributed by atoms with E-state index in [-0.39, 0.29) is 11.6 Å². The van der Waals surface area contributed by atoms with Crippen molar-refractivity contribution in [2.45, 2.75) is 70.9 Å². The summed E-state index contributed by atoms with van der Waals surface area (Å²) >= 11 is 7.64. The zero-order valence-electron chi connectivity index (χ0n) is 19.5. The number of benzene rings is 2. The maximum absolute atomic E-state index is 6.03. The molecule has 170 valence electrons. The maximum atomic E-state index is 6.03. The number of thioether (sulfide) groups is 1. The van der Waals surface area contributed by atoms with Crippen LogP contribution in [-0.4, -0.2) is 31.4 Å². The molecule has 3 aromatic rings. The van der Waals surface area contributed by atoms with Gasteiger partial charge in [-0.05, 0) is 63.6 Å². The normalized spacial score (nSPS) is 13.4. The molecule has 0 radical (unpaired) electrons. The summed E-state index contributed by atoms with van der Waals surface area (Å²) in [6, 6.07) is 18.3. The van der Waals surface area contributed by atoms with Gasteiger partial charge >= 0.3 is 0 Å². The van der Waals surface area contributed by atoms with Crippen LogP contribution in [0.4, 0.5) is 0 Å². The summed E-state index contributed by atoms with van der Waals surface area (Å²) in [5.41, 5.74) is 2.06. The minimum Gasteiger partial charge on any atom is -0.304 e. The highest BCUT2D eigenvalue weighted by Crippen LogP contribution is 2.28. The van der Waals surface area contributed by atoms with Crippen LogP contribution < -0.4 is 5.32 Å². The number of rotatable bonds is 8. The molecule has 1 atom stereocenters. The molecule has 1 aromatic heterocycles. The van der Waals surface area contributed by atoms with Crippen molar-refractivity contribution >= 4 is 28.4 Å². The lowest BCUT2D eigenvalue weighted by molar-refractivity contribution is 0.563. The Bertz CT molecular complexity index is 1020. The van der Waals surface area contributed by atoms with Crippen molar-refractivity contribution in [3.63, 3.8) is 0 Å². The van der Waals surface area contributed by atoms with Gasteiger partial charge in [0.1, 0.15) is 0 Å². The topological polar surface area (TPSA) is 55.1 Å². The minimum absolute atomic E-state index is 0.108. The molecule has 7 heteroatoms. The van der Waals surface area contributed by atoms with Gasteiger partial charge in [0.25, 0.3) is 0 Å². The molecule has 5 nitrogen and oxygen atoms in total. The highest BCUT2D eigenvalue weighted by atomic mass is 35.5. The smallest absolute Gasteiger partial charge is 0.197 e. The highest BCUT2D eigenvalue weighted by Gasteiger charge is 2.23. The summed E-state index contributed by atoms with van der Waals surface area (Å²) in [6.45, 7) is 12.2. The Morgan fingerprint density at radius 3 is 2.34 bits per heavy atom. The average molecular weight is 470 g/mol. The fraction of sp³-hybridized carbons (Fsp3) is 0.400. The molecule has 0 spiro atoms. The molecule has 0 aliphatic carbocycles. The second kappa shape index (κ2) is 11.1. The standard InChI is InChI=1S/C25H32ClN5S/c1-6-21(27-17-18-13-15-20(26)16-14-18)23(28-25(3,4)5)32-24-30-29-22(31(24)7-2)19-11-9-8-10-12-19/h8-16,21,27H,6-7,17H2,1-5H3. The van der Waals surface area contributed by atoms with E-state index in [1.54, 1.807) is 11.8 Å². The van der Waals surface area contributed by atoms with E-state index in [1.165, 1.54) is 5.56 Å². The van der Waals surface area contributed by atoms with Crippen LogP contribution >= 0.6 is 23.4 Å². The van der Waals surface area contributed by atoms with Crippen molar-refractivity contribution in [2.75, 3.05) is 0 Å². The molecule has 3 rings (SSSR count). The van der Waals surface area contributed by atoms with E-state index in [4.69, 9.17) is 16.6 Å². The van der Waals surface area contributed by atoms with Crippen LogP contribution in [0.25, 0.3) is 11.4 Å². The minimum atomic E-state index is -0.197. The molecule has 1 unspecified atom stereocenters. The third-order valence-corrected chi connectivity index (χ3v) is 6.20. The molecule has 0 bridgehead atoms. The third-order valence-electron chi connectivity index (χ3n) is 4.88. The first-order chi connectivity index (χ1) is 15.3. The zero-order chi connectivity index (χ0) is 23.1. The first-order valence-corrected chi connectivity index (χ1v) is 12.2. The van der Waals surface area contributed by atoms with Gasteiger partial charge in [0, 0.05) is 23.7 Å². The summed E-state index contributed by atoms with van der Waals surface area (Å²) in [4.78, 5) is 5.07. The molecule has 32 heavy (non-hydrogen) atoms. The van der Waals surface area contributed by atoms with Crippen LogP contribution in [0.5, 0.6) is 0 Å². The lowest BCUT2D eigenvalue weighted by Gasteiger charge is -2.23. The number of aromatic nitrogens is 3. The summed E-state index contributed by atoms with van der Waals surface area (Å²) in [5.74, 6) is 0.882. The summed E-state index contributed by atoms with van der Waals surface area (Å²) < 4.78 is 2.16. The van der Waals surface area contributed by atoms with Crippen LogP contribution in [0.1, 0.15) is 46.6 Å². The number of halogens is 1. The van der Waals surface area contributed by atoms with Gasteiger partial charge in [0.05, 0.1) is 16.6 Å². The molecule has 2 aromatic carbocycles. The predicted octanol–water partition coefficient (Wildman–Crippen LogP) is 6.48. The van der Waals surface area contributed by atoms with Gasteiger partial charge in [-0.1, -0.05) is 61.0 Å². The molecule has 0 amide bonds. The SMILES string of the molecule is CCC(NCc1ccc(Cl)cc1)C(=NC(C)(C)C)Sc1nnc(-c2ccccc2)n1CC. The van der Waals surface area contributed by atoms with Gasteiger partial charge in [-0.15, -0.1) is 10.2 Å². The Kier molecular flexibility index (Phi) is 8.51. The van der Waals surface area contributed by atoms with E-state index in [9.17, 15) is 0 Å². The molecule has 0 saturated carbocycles. The van der Waals surface area contributed by atoms with Gasteiger partial charge in [0.2, 0.25) is 0 Å². The molecular formula is C25H32ClN5S. The van der Waals surface area contributed by atoms with E-state index in [1.807, 2.05) is 30.3 Å². The van der Waals surface area contributed by atoms with Crippen LogP contribution in [-0.2, 0) is 13.1 Å². The number of aliphatic imine (C=N–C) groups is 1. The van der Waals surface area contributed by atoms with Crippen LogP contribution in [0.2, 0.25) is 5.02 Å². The second-order valence-electron chi connectivity index (χ2n) is 8.61. The molecule has 0 aliphatic rings. The Labute approximate surface area is 200 Å². The number of nitrogens with one attached hydrogen (secondary N) is 1. The lowest BCUT2D eigenvalue weighted by atomic mass is 10.1. The van der Waals surface area contributed by atoms with E-state index in [0.29, 0.717) is 0 Å². The van der Waals surface area contributed by atoms with E-state index >= 15 is 0 Å². The van der Waals surface area contributed by atoms with Crippen molar-refractivity contribution in [1.82, 2.24) is 20.1 Å². The fourth-order valence-electron chi connectivity index (χ4n) is 3.30. The van der Waals surface area contributed by atoms with Gasteiger partial charge in [-0.3, -0.25) is 4.99 Å². The Balaban J connectivity index is 1.86. The molecule has 1 N–H and O–H groups in total. The van der Waals surface area contributed by atoms with Gasteiger partial charge < -0.3 is 9.88 Å². The van der Waals surface area contributed by atoms with Gasteiger partial charge in [-0.25, -0.2) is 0 Å². The van der Waals surface area contributed by atoms with Crippen molar-refractivity contribution in [1.29, 1.82) is 0 Å². The summed E-state index contributed by atoms with van der Waals surface area (Å²) in [5, 5.41) is 15.3. The zero-order valence-corrected chi connectivity index (χ0v) is 21.0. The van der Waals surface area contributed by atoms with Gasteiger partial charge in [0.15, 0.2) is 11.0 Å². The summed E-state index contributed by atoms with van der Waals surface area (Å²) in [6.07, 6.45) is 0.918. The Morgan fingerprint density at radius 2 is 1.75 bits per heavy atom. The maximum Gasteiger partial charge on any atom is 0.197 e. The van der Waals surface area contributed by atoms with Crippen LogP contribution in [0, 0.1) is 0 Å². The van der Waals surface area contributed by atoms with Gasteiger partial charge in [-0.2, -0.15) is 0 Å². The molecule has 1 heterocycles. The first kappa shape index (κ1) is 24.5. The second-order valence-corrected chi connectivity index (χ2v) is 10.0. The fourth-order valence-corrected chi connectivity index (χ4v) is 4.73. The Hall–Kier alpha value is -2.15. The number of hydrogen-bond acceptors (Lipinski definition) is 5. The average Bonchev–Trinajstić information content (AvgIpc) is 3.17. The van der Waals surface area contributed by atoms with E-state index < -0.39 is 0 Å². The lowest BCUT2D eigenvalue weighted by Crippen LogP contribution is -2.36. The van der Waals surface area contributed by atoms with Crippen LogP contribution in [0.15, 0.2) is 64.7 Å². The Morgan fingerprint density at radius 1 is 1.06 bits per heavy atom. The molecule has 0 saturated heterocycles. The van der Waals surface area contributed by atoms with Crippen molar-refractivity contribution in [3.8, 4) is 11.4 Å². The third kappa shape index (κ3) is 6.67. The molecule has 0 fully saturated rings. The monoisotopic (exact) mass is 469 g/mol. The largest absolute Gasteiger partial charge is 0.304 e. The van der Waals surface area contributed by atoms with E-state index in [2.05, 4.69) is 79.0 Å². The first-order valence-electron chi connectivity index (χ1n) is 11.0. The summed E-state index contributed by atoms with van der Waals surface area (Å²) in [7, 11) is 0. The predicted molar refractivity (Wildman–Crippen MR) is 137 cm³/mol. The number of hydrogen-bond donors (Lipinski definition) is 1. The highest BCUT2D eigenvalue weighted by molar-refractivity contribution is 8.14. The van der Waals surface area contributed by atoms with Crippen molar-refractivity contribution < 1.29 is 0 Å². The van der Waals surface area contributed by atoms with E-state index in [0.717, 1.165) is 46.1 Å². The quantitative estimate of drug-likeness (QED) is 0.233. The van der Waals surface area contributed by atoms with Crippen LogP contribution in [0.3, 0.4) is 0 Å². The van der Waals surface area contributed by atoms with Crippen molar-refractivity contribution in [2.24, 2.45) is 4.99 Å². The molecule has 0 aliphatic heterocycles. The van der Waals surface area contributed by atoms with Crippen molar-refractivity contribution in [3.05, 3.63) is 65.2 Å². The molecular weight excluding hydrogens is 438 g/mol.